The van der Waals surface area contributed by atoms with Crippen molar-refractivity contribution in [1.29, 1.82) is 0 Å². The molecular formula is C12H30OS2. The van der Waals surface area contributed by atoms with Gasteiger partial charge in [-0.1, -0.05) is 20.8 Å². The van der Waals surface area contributed by atoms with Crippen molar-refractivity contribution in [1.82, 2.24) is 0 Å². The second kappa shape index (κ2) is 29.3. The third-order valence-corrected chi connectivity index (χ3v) is 2.86. The van der Waals surface area contributed by atoms with Crippen LogP contribution < -0.4 is 0 Å². The Balaban J connectivity index is -0.000000144. The van der Waals surface area contributed by atoms with Crippen LogP contribution in [-0.2, 0) is 4.74 Å². The van der Waals surface area contributed by atoms with Gasteiger partial charge in [-0.05, 0) is 43.3 Å². The van der Waals surface area contributed by atoms with Crippen LogP contribution in [0.5, 0.6) is 0 Å². The van der Waals surface area contributed by atoms with Gasteiger partial charge in [0.05, 0.1) is 0 Å². The molecule has 0 heterocycles. The Hall–Kier alpha value is 0.660. The predicted octanol–water partition coefficient (Wildman–Crippen LogP) is 4.56. The van der Waals surface area contributed by atoms with E-state index in [1.807, 2.05) is 23.5 Å². The highest BCUT2D eigenvalue weighted by molar-refractivity contribution is 7.98. The van der Waals surface area contributed by atoms with Crippen molar-refractivity contribution < 1.29 is 4.74 Å². The molecule has 0 aromatic rings. The maximum Gasteiger partial charge on any atom is 0.0459 e. The first kappa shape index (κ1) is 21.0. The van der Waals surface area contributed by atoms with Gasteiger partial charge in [-0.15, -0.1) is 0 Å². The lowest BCUT2D eigenvalue weighted by atomic mass is 10.5. The predicted molar refractivity (Wildman–Crippen MR) is 79.5 cm³/mol. The monoisotopic (exact) mass is 254 g/mol. The average molecular weight is 255 g/mol. The van der Waals surface area contributed by atoms with E-state index in [9.17, 15) is 0 Å². The molecule has 0 aromatic carbocycles. The molecule has 0 aromatic heterocycles. The van der Waals surface area contributed by atoms with Crippen LogP contribution in [0.25, 0.3) is 0 Å². The molecule has 0 rings (SSSR count). The van der Waals surface area contributed by atoms with E-state index < -0.39 is 0 Å². The topological polar surface area (TPSA) is 9.23 Å². The quantitative estimate of drug-likeness (QED) is 0.687. The summed E-state index contributed by atoms with van der Waals surface area (Å²) in [5.74, 6) is 2.61. The van der Waals surface area contributed by atoms with Crippen LogP contribution in [0, 0.1) is 0 Å². The summed E-state index contributed by atoms with van der Waals surface area (Å²) in [7, 11) is 1.71. The second-order valence-electron chi connectivity index (χ2n) is 2.98. The summed E-state index contributed by atoms with van der Waals surface area (Å²) >= 11 is 3.80. The minimum atomic E-state index is 0.889. The maximum absolute atomic E-state index is 4.69. The molecule has 3 heteroatoms. The van der Waals surface area contributed by atoms with Gasteiger partial charge in [0, 0.05) is 13.7 Å². The van der Waals surface area contributed by atoms with Crippen molar-refractivity contribution in [2.24, 2.45) is 0 Å². The van der Waals surface area contributed by atoms with Crippen molar-refractivity contribution in [3.8, 4) is 0 Å². The fraction of sp³-hybridized carbons (Fsp3) is 1.00. The largest absolute Gasteiger partial charge is 0.385 e. The van der Waals surface area contributed by atoms with E-state index in [0.29, 0.717) is 0 Å². The molecule has 0 aliphatic carbocycles. The molecule has 0 aliphatic rings. The first-order chi connectivity index (χ1) is 7.24. The van der Waals surface area contributed by atoms with E-state index in [0.717, 1.165) is 13.0 Å². The van der Waals surface area contributed by atoms with Crippen LogP contribution in [0.4, 0.5) is 0 Å². The molecule has 0 saturated heterocycles. The van der Waals surface area contributed by atoms with Crippen molar-refractivity contribution in [3.05, 3.63) is 0 Å². The van der Waals surface area contributed by atoms with Crippen LogP contribution in [0.3, 0.4) is 0 Å². The van der Waals surface area contributed by atoms with Gasteiger partial charge < -0.3 is 4.74 Å². The van der Waals surface area contributed by atoms with Crippen LogP contribution in [0.15, 0.2) is 0 Å². The fourth-order valence-electron chi connectivity index (χ4n) is 0.612. The highest BCUT2D eigenvalue weighted by atomic mass is 32.2. The van der Waals surface area contributed by atoms with E-state index in [2.05, 4.69) is 33.3 Å². The number of ether oxygens (including phenoxy) is 1. The number of hydrogen-bond acceptors (Lipinski definition) is 3. The molecule has 0 saturated carbocycles. The Morgan fingerprint density at radius 3 is 1.20 bits per heavy atom. The molecule has 0 bridgehead atoms. The summed E-state index contributed by atoms with van der Waals surface area (Å²) in [6, 6.07) is 0. The zero-order valence-corrected chi connectivity index (χ0v) is 13.1. The zero-order chi connectivity index (χ0) is 12.4. The molecule has 0 aliphatic heterocycles. The third-order valence-electron chi connectivity index (χ3n) is 1.22. The number of rotatable bonds is 6. The summed E-state index contributed by atoms with van der Waals surface area (Å²) in [6.07, 6.45) is 7.99. The standard InChI is InChI=1S/C4H10O.2C4H10S/c3*1-3-4-5-2/h3*3-4H2,1-2H3. The van der Waals surface area contributed by atoms with E-state index in [1.165, 1.54) is 24.3 Å². The molecule has 0 N–H and O–H groups in total. The van der Waals surface area contributed by atoms with E-state index in [1.54, 1.807) is 7.11 Å². The normalized spacial score (nSPS) is 8.40. The van der Waals surface area contributed by atoms with E-state index >= 15 is 0 Å². The van der Waals surface area contributed by atoms with Crippen LogP contribution in [0.1, 0.15) is 40.0 Å². The Morgan fingerprint density at radius 2 is 1.20 bits per heavy atom. The highest BCUT2D eigenvalue weighted by Crippen LogP contribution is 1.91. The highest BCUT2D eigenvalue weighted by Gasteiger charge is 1.68. The summed E-state index contributed by atoms with van der Waals surface area (Å²) in [4.78, 5) is 0. The van der Waals surface area contributed by atoms with Gasteiger partial charge in [-0.3, -0.25) is 0 Å². The Bertz CT molecular complexity index is 50.4. The van der Waals surface area contributed by atoms with Gasteiger partial charge in [0.1, 0.15) is 0 Å². The summed E-state index contributed by atoms with van der Waals surface area (Å²) in [5.41, 5.74) is 0. The number of methoxy groups -OCH3 is 1. The SMILES string of the molecule is CCCOC.CCCSC.CCCSC. The lowest BCUT2D eigenvalue weighted by Crippen LogP contribution is -1.80. The van der Waals surface area contributed by atoms with Crippen LogP contribution in [0.2, 0.25) is 0 Å². The van der Waals surface area contributed by atoms with Crippen LogP contribution >= 0.6 is 23.5 Å². The lowest BCUT2D eigenvalue weighted by Gasteiger charge is -1.84. The molecule has 0 unspecified atom stereocenters. The van der Waals surface area contributed by atoms with Crippen molar-refractivity contribution >= 4 is 23.5 Å². The summed E-state index contributed by atoms with van der Waals surface area (Å²) in [6.45, 7) is 7.36. The molecule has 1 nitrogen and oxygen atoms in total. The minimum Gasteiger partial charge on any atom is -0.385 e. The smallest absolute Gasteiger partial charge is 0.0459 e. The van der Waals surface area contributed by atoms with E-state index in [4.69, 9.17) is 4.74 Å². The maximum atomic E-state index is 4.69. The third kappa shape index (κ3) is 53.0. The molecule has 0 amide bonds. The molecule has 0 radical (unpaired) electrons. The molecular weight excluding hydrogens is 224 g/mol. The Morgan fingerprint density at radius 1 is 0.800 bits per heavy atom. The van der Waals surface area contributed by atoms with Gasteiger partial charge in [-0.2, -0.15) is 23.5 Å². The number of thioether (sulfide) groups is 2. The summed E-state index contributed by atoms with van der Waals surface area (Å²) < 4.78 is 4.69. The first-order valence-corrected chi connectivity index (χ1v) is 8.50. The Labute approximate surface area is 106 Å². The summed E-state index contributed by atoms with van der Waals surface area (Å²) in [5, 5.41) is 0. The van der Waals surface area contributed by atoms with Crippen molar-refractivity contribution in [3.63, 3.8) is 0 Å². The number of hydrogen-bond donors (Lipinski definition) is 0. The second-order valence-corrected chi connectivity index (χ2v) is 4.95. The minimum absolute atomic E-state index is 0.889. The molecule has 0 atom stereocenters. The fourth-order valence-corrected chi connectivity index (χ4v) is 1.43. The molecule has 15 heavy (non-hydrogen) atoms. The lowest BCUT2D eigenvalue weighted by molar-refractivity contribution is 0.199. The van der Waals surface area contributed by atoms with E-state index in [-0.39, 0.29) is 0 Å². The van der Waals surface area contributed by atoms with Gasteiger partial charge >= 0.3 is 0 Å². The van der Waals surface area contributed by atoms with Crippen molar-refractivity contribution in [2.75, 3.05) is 37.7 Å². The average Bonchev–Trinajstić information content (AvgIpc) is 2.23. The van der Waals surface area contributed by atoms with Crippen LogP contribution in [-0.4, -0.2) is 37.7 Å². The van der Waals surface area contributed by atoms with Crippen molar-refractivity contribution in [2.45, 2.75) is 40.0 Å². The first-order valence-electron chi connectivity index (χ1n) is 5.71. The van der Waals surface area contributed by atoms with Gasteiger partial charge in [0.25, 0.3) is 0 Å². The van der Waals surface area contributed by atoms with Gasteiger partial charge in [-0.25, -0.2) is 0 Å². The molecule has 0 fully saturated rings. The zero-order valence-electron chi connectivity index (χ0n) is 11.5. The Kier molecular flexibility index (Phi) is 41.0. The van der Waals surface area contributed by atoms with Gasteiger partial charge in [0.2, 0.25) is 0 Å². The molecule has 96 valence electrons. The van der Waals surface area contributed by atoms with Gasteiger partial charge in [0.15, 0.2) is 0 Å². The molecule has 0 spiro atoms.